The molecule has 0 aliphatic carbocycles. The van der Waals surface area contributed by atoms with Crippen LogP contribution >= 0.6 is 23.1 Å². The predicted octanol–water partition coefficient (Wildman–Crippen LogP) is 7.05. The minimum absolute atomic E-state index is 0.0420. The van der Waals surface area contributed by atoms with E-state index in [9.17, 15) is 19.8 Å². The lowest BCUT2D eigenvalue weighted by Crippen LogP contribution is -2.29. The Morgan fingerprint density at radius 3 is 2.43 bits per heavy atom. The van der Waals surface area contributed by atoms with Crippen LogP contribution < -0.4 is 9.64 Å². The van der Waals surface area contributed by atoms with Crippen LogP contribution in [0.3, 0.4) is 0 Å². The second-order valence-electron chi connectivity index (χ2n) is 10.1. The molecule has 44 heavy (non-hydrogen) atoms. The van der Waals surface area contributed by atoms with Gasteiger partial charge in [-0.3, -0.25) is 14.5 Å². The molecule has 6 rings (SSSR count). The number of aromatic hydroxyl groups is 1. The van der Waals surface area contributed by atoms with Gasteiger partial charge in [-0.05, 0) is 65.6 Å². The fourth-order valence-corrected chi connectivity index (χ4v) is 6.74. The average Bonchev–Trinajstić information content (AvgIpc) is 3.61. The van der Waals surface area contributed by atoms with E-state index in [1.54, 1.807) is 36.4 Å². The summed E-state index contributed by atoms with van der Waals surface area (Å²) in [6.07, 6.45) is 0. The molecule has 1 aliphatic heterocycles. The molecule has 0 bridgehead atoms. The highest BCUT2D eigenvalue weighted by Gasteiger charge is 2.48. The maximum atomic E-state index is 13.5. The number of ether oxygens (including phenoxy) is 1. The van der Waals surface area contributed by atoms with Crippen LogP contribution in [0.15, 0.2) is 113 Å². The van der Waals surface area contributed by atoms with E-state index in [1.165, 1.54) is 40.1 Å². The molecular weight excluding hydrogens is 595 g/mol. The van der Waals surface area contributed by atoms with Crippen molar-refractivity contribution in [2.45, 2.75) is 29.7 Å². The van der Waals surface area contributed by atoms with E-state index < -0.39 is 17.7 Å². The Morgan fingerprint density at radius 2 is 1.68 bits per heavy atom. The molecule has 4 aromatic carbocycles. The molecule has 220 valence electrons. The number of carbonyl (C=O) groups is 2. The van der Waals surface area contributed by atoms with Gasteiger partial charge in [0.1, 0.15) is 23.9 Å². The lowest BCUT2D eigenvalue weighted by Gasteiger charge is -2.22. The maximum absolute atomic E-state index is 13.5. The van der Waals surface area contributed by atoms with Gasteiger partial charge in [0.05, 0.1) is 11.6 Å². The number of aryl methyl sites for hydroxylation is 1. The zero-order chi connectivity index (χ0) is 30.6. The number of anilines is 1. The average molecular weight is 622 g/mol. The summed E-state index contributed by atoms with van der Waals surface area (Å²) >= 11 is 2.66. The number of rotatable bonds is 9. The third-order valence-corrected chi connectivity index (χ3v) is 9.35. The van der Waals surface area contributed by atoms with E-state index in [2.05, 4.69) is 10.2 Å². The first-order valence-corrected chi connectivity index (χ1v) is 15.6. The highest BCUT2D eigenvalue weighted by atomic mass is 32.2. The van der Waals surface area contributed by atoms with Crippen molar-refractivity contribution < 1.29 is 24.5 Å². The van der Waals surface area contributed by atoms with E-state index >= 15 is 0 Å². The lowest BCUT2D eigenvalue weighted by atomic mass is 9.95. The van der Waals surface area contributed by atoms with E-state index in [0.717, 1.165) is 16.7 Å². The largest absolute Gasteiger partial charge is 0.508 e. The monoisotopic (exact) mass is 621 g/mol. The Kier molecular flexibility index (Phi) is 8.44. The van der Waals surface area contributed by atoms with Crippen LogP contribution in [0.25, 0.3) is 5.76 Å². The molecule has 0 saturated carbocycles. The van der Waals surface area contributed by atoms with Crippen LogP contribution in [0, 0.1) is 6.92 Å². The fourth-order valence-electron chi connectivity index (χ4n) is 4.92. The molecule has 1 atom stereocenters. The Bertz CT molecular complexity index is 1850. The van der Waals surface area contributed by atoms with Gasteiger partial charge in [0, 0.05) is 11.3 Å². The molecule has 2 N–H and O–H groups in total. The van der Waals surface area contributed by atoms with Crippen molar-refractivity contribution >= 4 is 45.7 Å². The molecule has 1 saturated heterocycles. The predicted molar refractivity (Wildman–Crippen MR) is 171 cm³/mol. The van der Waals surface area contributed by atoms with Gasteiger partial charge < -0.3 is 14.9 Å². The molecule has 0 spiro atoms. The van der Waals surface area contributed by atoms with Crippen molar-refractivity contribution in [1.29, 1.82) is 0 Å². The Labute approximate surface area is 262 Å². The highest BCUT2D eigenvalue weighted by Crippen LogP contribution is 2.44. The topological polar surface area (TPSA) is 113 Å². The quantitative estimate of drug-likeness (QED) is 0.0592. The minimum Gasteiger partial charge on any atom is -0.508 e. The van der Waals surface area contributed by atoms with Gasteiger partial charge in [-0.2, -0.15) is 0 Å². The van der Waals surface area contributed by atoms with E-state index in [1.807, 2.05) is 61.5 Å². The number of hydrogen-bond acceptors (Lipinski definition) is 9. The van der Waals surface area contributed by atoms with Crippen LogP contribution in [0.1, 0.15) is 33.9 Å². The molecule has 1 fully saturated rings. The molecule has 1 unspecified atom stereocenters. The minimum atomic E-state index is -1.03. The molecule has 2 heterocycles. The van der Waals surface area contributed by atoms with Crippen molar-refractivity contribution in [2.24, 2.45) is 0 Å². The second-order valence-corrected chi connectivity index (χ2v) is 12.3. The maximum Gasteiger partial charge on any atom is 0.301 e. The molecule has 0 radical (unpaired) electrons. The number of Topliss-reactive ketones (excluding diaryl/α,β-unsaturated/α-hetero) is 1. The summed E-state index contributed by atoms with van der Waals surface area (Å²) in [5.41, 5.74) is 3.97. The summed E-state index contributed by atoms with van der Waals surface area (Å²) in [6.45, 7) is 2.40. The summed E-state index contributed by atoms with van der Waals surface area (Å²) in [7, 11) is 0. The van der Waals surface area contributed by atoms with Gasteiger partial charge >= 0.3 is 5.91 Å². The Balaban J connectivity index is 1.31. The van der Waals surface area contributed by atoms with Crippen molar-refractivity contribution in [1.82, 2.24) is 10.2 Å². The van der Waals surface area contributed by atoms with Crippen molar-refractivity contribution in [2.75, 3.05) is 4.90 Å². The van der Waals surface area contributed by atoms with Crippen LogP contribution in [0.2, 0.25) is 0 Å². The summed E-state index contributed by atoms with van der Waals surface area (Å²) in [5.74, 6) is -0.829. The standard InChI is InChI=1S/C34H27N3O5S2/c1-21-8-5-6-11-25(21)19-42-27-16-14-23(15-17-27)30(39)28-29(24-12-7-13-26(38)18-24)37(32(41)31(28)40)33-35-36-34(44-33)43-20-22-9-3-2-4-10-22/h2-18,29,38-39H,19-20H2,1H3. The van der Waals surface area contributed by atoms with Crippen molar-refractivity contribution in [3.63, 3.8) is 0 Å². The van der Waals surface area contributed by atoms with E-state index in [0.29, 0.717) is 33.6 Å². The summed E-state index contributed by atoms with van der Waals surface area (Å²) in [6, 6.07) is 29.8. The highest BCUT2D eigenvalue weighted by molar-refractivity contribution is 8.00. The van der Waals surface area contributed by atoms with Gasteiger partial charge in [0.2, 0.25) is 5.13 Å². The third kappa shape index (κ3) is 6.08. The number of aromatic nitrogens is 2. The molecule has 10 heteroatoms. The smallest absolute Gasteiger partial charge is 0.301 e. The zero-order valence-electron chi connectivity index (χ0n) is 23.6. The number of aliphatic hydroxyl groups is 1. The van der Waals surface area contributed by atoms with Crippen LogP contribution in [-0.2, 0) is 21.9 Å². The van der Waals surface area contributed by atoms with Crippen LogP contribution in [-0.4, -0.2) is 32.1 Å². The number of ketones is 1. The van der Waals surface area contributed by atoms with Crippen molar-refractivity contribution in [3.8, 4) is 11.5 Å². The van der Waals surface area contributed by atoms with Gasteiger partial charge in [0.15, 0.2) is 4.34 Å². The van der Waals surface area contributed by atoms with E-state index in [4.69, 9.17) is 4.74 Å². The number of carbonyl (C=O) groups excluding carboxylic acids is 2. The van der Waals surface area contributed by atoms with Crippen molar-refractivity contribution in [3.05, 3.63) is 137 Å². The lowest BCUT2D eigenvalue weighted by molar-refractivity contribution is -0.132. The molecular formula is C34H27N3O5S2. The van der Waals surface area contributed by atoms with Gasteiger partial charge in [-0.15, -0.1) is 10.2 Å². The molecule has 8 nitrogen and oxygen atoms in total. The number of nitrogens with zero attached hydrogens (tertiary/aromatic N) is 3. The molecule has 1 aliphatic rings. The van der Waals surface area contributed by atoms with Gasteiger partial charge in [-0.1, -0.05) is 89.8 Å². The van der Waals surface area contributed by atoms with Crippen LogP contribution in [0.4, 0.5) is 5.13 Å². The number of phenols is 1. The summed E-state index contributed by atoms with van der Waals surface area (Å²) in [4.78, 5) is 28.2. The van der Waals surface area contributed by atoms with Gasteiger partial charge in [0.25, 0.3) is 5.78 Å². The summed E-state index contributed by atoms with van der Waals surface area (Å²) < 4.78 is 6.56. The first kappa shape index (κ1) is 29.2. The SMILES string of the molecule is Cc1ccccc1COc1ccc(C(O)=C2C(=O)C(=O)N(c3nnc(SCc4ccccc4)s3)C2c2cccc(O)c2)cc1. The second kappa shape index (κ2) is 12.7. The molecule has 1 aromatic heterocycles. The number of benzene rings is 4. The summed E-state index contributed by atoms with van der Waals surface area (Å²) in [5, 5.41) is 30.4. The Hall–Kier alpha value is -4.93. The normalized spacial score (nSPS) is 15.9. The number of thioether (sulfide) groups is 1. The number of hydrogen-bond donors (Lipinski definition) is 2. The van der Waals surface area contributed by atoms with E-state index in [-0.39, 0.29) is 22.2 Å². The zero-order valence-corrected chi connectivity index (χ0v) is 25.2. The first-order valence-electron chi connectivity index (χ1n) is 13.8. The fraction of sp³-hybridized carbons (Fsp3) is 0.118. The van der Waals surface area contributed by atoms with Crippen LogP contribution in [0.5, 0.6) is 11.5 Å². The molecule has 1 amide bonds. The Morgan fingerprint density at radius 1 is 0.932 bits per heavy atom. The first-order chi connectivity index (χ1) is 21.4. The third-order valence-electron chi connectivity index (χ3n) is 7.22. The number of phenolic OH excluding ortho intramolecular Hbond substituents is 1. The number of aliphatic hydroxyl groups excluding tert-OH is 1. The van der Waals surface area contributed by atoms with Gasteiger partial charge in [-0.25, -0.2) is 0 Å². The molecule has 5 aromatic rings. The number of amides is 1.